The van der Waals surface area contributed by atoms with E-state index in [9.17, 15) is 9.59 Å². The second kappa shape index (κ2) is 7.78. The lowest BCUT2D eigenvalue weighted by molar-refractivity contribution is -0.135. The maximum Gasteiger partial charge on any atom is 0.323 e. The molecule has 1 saturated heterocycles. The smallest absolute Gasteiger partial charge is 0.323 e. The molecule has 0 spiro atoms. The van der Waals surface area contributed by atoms with E-state index in [4.69, 9.17) is 5.11 Å². The van der Waals surface area contributed by atoms with Gasteiger partial charge < -0.3 is 20.3 Å². The lowest BCUT2D eigenvalue weighted by atomic mass is 10.1. The van der Waals surface area contributed by atoms with E-state index in [2.05, 4.69) is 40.1 Å². The van der Waals surface area contributed by atoms with Gasteiger partial charge in [0.05, 0.1) is 0 Å². The van der Waals surface area contributed by atoms with Gasteiger partial charge in [0, 0.05) is 35.4 Å². The Morgan fingerprint density at radius 1 is 1.23 bits per heavy atom. The summed E-state index contributed by atoms with van der Waals surface area (Å²) < 4.78 is 2.26. The minimum Gasteiger partial charge on any atom is -0.480 e. The Morgan fingerprint density at radius 2 is 1.96 bits per heavy atom. The summed E-state index contributed by atoms with van der Waals surface area (Å²) in [6.07, 6.45) is 4.71. The highest BCUT2D eigenvalue weighted by Gasteiger charge is 2.17. The number of nitrogens with one attached hydrogen (secondary N) is 2. The first-order chi connectivity index (χ1) is 12.4. The van der Waals surface area contributed by atoms with E-state index in [1.807, 2.05) is 18.2 Å². The van der Waals surface area contributed by atoms with Crippen molar-refractivity contribution >= 4 is 28.6 Å². The van der Waals surface area contributed by atoms with Crippen molar-refractivity contribution in [1.82, 2.24) is 14.8 Å². The predicted octanol–water partition coefficient (Wildman–Crippen LogP) is 3.02. The van der Waals surface area contributed by atoms with Crippen molar-refractivity contribution in [3.63, 3.8) is 0 Å². The van der Waals surface area contributed by atoms with Crippen LogP contribution in [0.5, 0.6) is 0 Å². The summed E-state index contributed by atoms with van der Waals surface area (Å²) in [6, 6.07) is 5.66. The molecule has 2 heterocycles. The number of rotatable bonds is 6. The van der Waals surface area contributed by atoms with E-state index in [1.54, 1.807) is 0 Å². The second-order valence-electron chi connectivity index (χ2n) is 7.07. The number of nitrogens with zero attached hydrogens (tertiary/aromatic N) is 2. The number of carboxylic acid groups (broad SMARTS) is 1. The highest BCUT2D eigenvalue weighted by Crippen LogP contribution is 2.29. The Balaban J connectivity index is 1.85. The van der Waals surface area contributed by atoms with Crippen molar-refractivity contribution in [1.29, 1.82) is 0 Å². The van der Waals surface area contributed by atoms with Crippen molar-refractivity contribution in [2.24, 2.45) is 0 Å². The Bertz CT molecular complexity index is 806. The van der Waals surface area contributed by atoms with E-state index < -0.39 is 18.5 Å². The van der Waals surface area contributed by atoms with Crippen LogP contribution in [0, 0.1) is 0 Å². The second-order valence-corrected chi connectivity index (χ2v) is 7.07. The molecule has 3 N–H and O–H groups in total. The van der Waals surface area contributed by atoms with Gasteiger partial charge in [-0.15, -0.1) is 0 Å². The minimum atomic E-state index is -1.07. The summed E-state index contributed by atoms with van der Waals surface area (Å²) in [4.78, 5) is 24.8. The molecule has 0 saturated carbocycles. The first-order valence-electron chi connectivity index (χ1n) is 9.06. The number of anilines is 1. The summed E-state index contributed by atoms with van der Waals surface area (Å²) >= 11 is 0. The molecule has 1 aliphatic heterocycles. The van der Waals surface area contributed by atoms with Crippen LogP contribution in [0.4, 0.5) is 10.5 Å². The molecule has 0 atom stereocenters. The molecule has 7 nitrogen and oxygen atoms in total. The first kappa shape index (κ1) is 18.3. The molecule has 1 aliphatic rings. The van der Waals surface area contributed by atoms with Gasteiger partial charge >= 0.3 is 12.0 Å². The predicted molar refractivity (Wildman–Crippen MR) is 101 cm³/mol. The normalized spacial score (nSPS) is 14.9. The zero-order valence-electron chi connectivity index (χ0n) is 15.3. The molecule has 1 fully saturated rings. The number of hydrogen-bond acceptors (Lipinski definition) is 3. The third-order valence-corrected chi connectivity index (χ3v) is 4.72. The van der Waals surface area contributed by atoms with E-state index >= 15 is 0 Å². The van der Waals surface area contributed by atoms with Crippen molar-refractivity contribution in [3.05, 3.63) is 30.0 Å². The molecular formula is C19H26N4O3. The van der Waals surface area contributed by atoms with E-state index in [0.717, 1.165) is 30.5 Å². The molecule has 0 aliphatic carbocycles. The molecule has 26 heavy (non-hydrogen) atoms. The molecule has 140 valence electrons. The number of hydrogen-bond donors (Lipinski definition) is 3. The van der Waals surface area contributed by atoms with Gasteiger partial charge in [-0.25, -0.2) is 4.79 Å². The van der Waals surface area contributed by atoms with E-state index in [0.29, 0.717) is 11.7 Å². The lowest BCUT2D eigenvalue weighted by Gasteiger charge is -2.13. The summed E-state index contributed by atoms with van der Waals surface area (Å²) in [6.45, 7) is 7.08. The molecule has 2 aromatic rings. The molecule has 3 rings (SSSR count). The maximum absolute atomic E-state index is 11.8. The standard InChI is InChI=1S/C19H26N4O3/c1-13(2)23-12-14(11-22-7-3-4-8-22)16-9-15(5-6-17(16)23)21-19(26)20-10-18(24)25/h5-6,9,12-13H,3-4,7-8,10-11H2,1-2H3,(H,24,25)(H2,20,21,26). The van der Waals surface area contributed by atoms with Crippen LogP contribution in [0.2, 0.25) is 0 Å². The highest BCUT2D eigenvalue weighted by atomic mass is 16.4. The fourth-order valence-corrected chi connectivity index (χ4v) is 3.47. The third kappa shape index (κ3) is 4.16. The van der Waals surface area contributed by atoms with E-state index in [1.165, 1.54) is 18.4 Å². The summed E-state index contributed by atoms with van der Waals surface area (Å²) in [5, 5.41) is 14.8. The van der Waals surface area contributed by atoms with Gasteiger partial charge in [0.2, 0.25) is 0 Å². The number of aliphatic carboxylic acids is 1. The van der Waals surface area contributed by atoms with Crippen molar-refractivity contribution in [3.8, 4) is 0 Å². The Kier molecular flexibility index (Phi) is 5.46. The van der Waals surface area contributed by atoms with Gasteiger partial charge in [-0.1, -0.05) is 0 Å². The lowest BCUT2D eigenvalue weighted by Crippen LogP contribution is -2.33. The van der Waals surface area contributed by atoms with Gasteiger partial charge in [0.15, 0.2) is 0 Å². The number of carbonyl (C=O) groups is 2. The fourth-order valence-electron chi connectivity index (χ4n) is 3.47. The monoisotopic (exact) mass is 358 g/mol. The van der Waals surface area contributed by atoms with Crippen LogP contribution in [0.25, 0.3) is 10.9 Å². The largest absolute Gasteiger partial charge is 0.480 e. The van der Waals surface area contributed by atoms with E-state index in [-0.39, 0.29) is 0 Å². The number of fused-ring (bicyclic) bond motifs is 1. The van der Waals surface area contributed by atoms with Crippen LogP contribution in [0.15, 0.2) is 24.4 Å². The van der Waals surface area contributed by atoms with Crippen molar-refractivity contribution in [2.75, 3.05) is 25.0 Å². The van der Waals surface area contributed by atoms with Gasteiger partial charge in [-0.2, -0.15) is 0 Å². The number of aromatic nitrogens is 1. The number of carbonyl (C=O) groups excluding carboxylic acids is 1. The molecule has 7 heteroatoms. The topological polar surface area (TPSA) is 86.6 Å². The third-order valence-electron chi connectivity index (χ3n) is 4.72. The molecule has 2 amide bonds. The van der Waals surface area contributed by atoms with Crippen LogP contribution in [0.3, 0.4) is 0 Å². The van der Waals surface area contributed by atoms with Gasteiger partial charge in [-0.05, 0) is 63.5 Å². The van der Waals surface area contributed by atoms with Crippen LogP contribution in [-0.2, 0) is 11.3 Å². The average molecular weight is 358 g/mol. The molecule has 0 unspecified atom stereocenters. The van der Waals surface area contributed by atoms with Gasteiger partial charge in [0.25, 0.3) is 0 Å². The summed E-state index contributed by atoms with van der Waals surface area (Å²) in [7, 11) is 0. The van der Waals surface area contributed by atoms with Crippen molar-refractivity contribution < 1.29 is 14.7 Å². The maximum atomic E-state index is 11.8. The summed E-state index contributed by atoms with van der Waals surface area (Å²) in [5.41, 5.74) is 3.06. The van der Waals surface area contributed by atoms with Gasteiger partial charge in [0.1, 0.15) is 6.54 Å². The van der Waals surface area contributed by atoms with Crippen LogP contribution < -0.4 is 10.6 Å². The quantitative estimate of drug-likeness (QED) is 0.741. The first-order valence-corrected chi connectivity index (χ1v) is 9.06. The Morgan fingerprint density at radius 3 is 2.62 bits per heavy atom. The Labute approximate surface area is 153 Å². The van der Waals surface area contributed by atoms with Crippen molar-refractivity contribution in [2.45, 2.75) is 39.3 Å². The zero-order chi connectivity index (χ0) is 18.7. The summed E-state index contributed by atoms with van der Waals surface area (Å²) in [5.74, 6) is -1.07. The molecule has 0 bridgehead atoms. The minimum absolute atomic E-state index is 0.350. The number of benzene rings is 1. The number of likely N-dealkylation sites (tertiary alicyclic amines) is 1. The number of urea groups is 1. The molecular weight excluding hydrogens is 332 g/mol. The van der Waals surface area contributed by atoms with Gasteiger partial charge in [-0.3, -0.25) is 9.69 Å². The average Bonchev–Trinajstić information content (AvgIpc) is 3.21. The number of amides is 2. The fraction of sp³-hybridized carbons (Fsp3) is 0.474. The Hall–Kier alpha value is -2.54. The molecule has 1 aromatic carbocycles. The zero-order valence-corrected chi connectivity index (χ0v) is 15.3. The van der Waals surface area contributed by atoms with Crippen LogP contribution in [-0.4, -0.2) is 46.2 Å². The molecule has 0 radical (unpaired) electrons. The molecule has 1 aromatic heterocycles. The number of carboxylic acids is 1. The SMILES string of the molecule is CC(C)n1cc(CN2CCCC2)c2cc(NC(=O)NCC(=O)O)ccc21. The highest BCUT2D eigenvalue weighted by molar-refractivity contribution is 5.95. The van der Waals surface area contributed by atoms with Crippen LogP contribution >= 0.6 is 0 Å². The van der Waals surface area contributed by atoms with Crippen LogP contribution in [0.1, 0.15) is 38.3 Å².